The first-order valence-corrected chi connectivity index (χ1v) is 7.38. The summed E-state index contributed by atoms with van der Waals surface area (Å²) in [6.07, 6.45) is 10.8. The molecule has 0 aromatic carbocycles. The summed E-state index contributed by atoms with van der Waals surface area (Å²) in [6.45, 7) is 3.24. The predicted octanol–water partition coefficient (Wildman–Crippen LogP) is 1.39. The number of hydrogen-bond donors (Lipinski definition) is 2. The first-order valence-electron chi connectivity index (χ1n) is 7.38. The van der Waals surface area contributed by atoms with Crippen molar-refractivity contribution in [3.8, 4) is 0 Å². The van der Waals surface area contributed by atoms with Gasteiger partial charge in [-0.2, -0.15) is 5.10 Å². The van der Waals surface area contributed by atoms with Crippen molar-refractivity contribution < 1.29 is 0 Å². The number of rotatable bonds is 5. The smallest absolute Gasteiger partial charge is 0.0534 e. The maximum absolute atomic E-state index is 4.24. The van der Waals surface area contributed by atoms with Gasteiger partial charge >= 0.3 is 0 Å². The van der Waals surface area contributed by atoms with Crippen LogP contribution in [0.3, 0.4) is 0 Å². The van der Waals surface area contributed by atoms with E-state index in [0.717, 1.165) is 31.1 Å². The van der Waals surface area contributed by atoms with Gasteiger partial charge in [0.2, 0.25) is 0 Å². The second-order valence-electron chi connectivity index (χ2n) is 5.63. The molecule has 0 spiro atoms. The van der Waals surface area contributed by atoms with Crippen LogP contribution < -0.4 is 10.6 Å². The van der Waals surface area contributed by atoms with Crippen LogP contribution in [0.15, 0.2) is 18.5 Å². The molecular weight excluding hydrogens is 224 g/mol. The minimum absolute atomic E-state index is 0.719. The van der Waals surface area contributed by atoms with Gasteiger partial charge in [-0.25, -0.2) is 0 Å². The molecule has 4 nitrogen and oxygen atoms in total. The lowest BCUT2D eigenvalue weighted by molar-refractivity contribution is 0.316. The van der Waals surface area contributed by atoms with Crippen LogP contribution in [0, 0.1) is 5.92 Å². The van der Waals surface area contributed by atoms with E-state index in [1.54, 1.807) is 0 Å². The normalized spacial score (nSPS) is 32.1. The van der Waals surface area contributed by atoms with E-state index in [1.165, 1.54) is 38.6 Å². The van der Waals surface area contributed by atoms with Crippen molar-refractivity contribution in [1.29, 1.82) is 0 Å². The van der Waals surface area contributed by atoms with Gasteiger partial charge in [0.05, 0.1) is 6.54 Å². The summed E-state index contributed by atoms with van der Waals surface area (Å²) < 4.78 is 2.00. The van der Waals surface area contributed by atoms with Crippen LogP contribution in [-0.2, 0) is 6.54 Å². The lowest BCUT2D eigenvalue weighted by atomic mass is 9.93. The molecule has 0 bridgehead atoms. The van der Waals surface area contributed by atoms with E-state index in [1.807, 2.05) is 23.1 Å². The van der Waals surface area contributed by atoms with Crippen molar-refractivity contribution in [2.45, 2.75) is 50.7 Å². The third-order valence-corrected chi connectivity index (χ3v) is 4.49. The topological polar surface area (TPSA) is 41.9 Å². The monoisotopic (exact) mass is 248 g/mol. The molecule has 1 saturated carbocycles. The van der Waals surface area contributed by atoms with E-state index >= 15 is 0 Å². The minimum Gasteiger partial charge on any atom is -0.314 e. The van der Waals surface area contributed by atoms with E-state index in [4.69, 9.17) is 0 Å². The van der Waals surface area contributed by atoms with Crippen molar-refractivity contribution in [3.63, 3.8) is 0 Å². The Kier molecular flexibility index (Phi) is 3.96. The molecule has 3 atom stereocenters. The third-order valence-electron chi connectivity index (χ3n) is 4.49. The van der Waals surface area contributed by atoms with Crippen LogP contribution in [-0.4, -0.2) is 35.0 Å². The molecule has 100 valence electrons. The van der Waals surface area contributed by atoms with Crippen LogP contribution in [0.2, 0.25) is 0 Å². The van der Waals surface area contributed by atoms with Gasteiger partial charge in [0.1, 0.15) is 0 Å². The largest absolute Gasteiger partial charge is 0.314 e. The minimum atomic E-state index is 0.719. The van der Waals surface area contributed by atoms with Gasteiger partial charge in [0, 0.05) is 31.0 Å². The molecule has 1 saturated heterocycles. The Bertz CT molecular complexity index is 343. The number of aromatic nitrogens is 2. The lowest BCUT2D eigenvalue weighted by Crippen LogP contribution is -2.43. The predicted molar refractivity (Wildman–Crippen MR) is 72.4 cm³/mol. The summed E-state index contributed by atoms with van der Waals surface area (Å²) in [5, 5.41) is 11.7. The molecule has 1 aliphatic heterocycles. The van der Waals surface area contributed by atoms with Crippen LogP contribution in [0.4, 0.5) is 0 Å². The molecule has 1 aromatic rings. The van der Waals surface area contributed by atoms with Crippen molar-refractivity contribution in [1.82, 2.24) is 20.4 Å². The van der Waals surface area contributed by atoms with E-state index in [0.29, 0.717) is 0 Å². The molecule has 2 N–H and O–H groups in total. The Hall–Kier alpha value is -0.870. The Balaban J connectivity index is 1.46. The first kappa shape index (κ1) is 12.2. The van der Waals surface area contributed by atoms with E-state index in [9.17, 15) is 0 Å². The zero-order valence-electron chi connectivity index (χ0n) is 11.0. The number of hydrogen-bond acceptors (Lipinski definition) is 3. The molecule has 2 aliphatic rings. The molecule has 0 radical (unpaired) electrons. The highest BCUT2D eigenvalue weighted by Crippen LogP contribution is 2.31. The zero-order chi connectivity index (χ0) is 12.2. The second kappa shape index (κ2) is 5.85. The molecule has 18 heavy (non-hydrogen) atoms. The van der Waals surface area contributed by atoms with Gasteiger partial charge in [-0.1, -0.05) is 6.42 Å². The molecule has 1 aliphatic carbocycles. The van der Waals surface area contributed by atoms with Crippen molar-refractivity contribution in [2.24, 2.45) is 5.92 Å². The van der Waals surface area contributed by atoms with Crippen LogP contribution in [0.1, 0.15) is 32.1 Å². The summed E-state index contributed by atoms with van der Waals surface area (Å²) in [4.78, 5) is 0. The van der Waals surface area contributed by atoms with Gasteiger partial charge in [0.25, 0.3) is 0 Å². The lowest BCUT2D eigenvalue weighted by Gasteiger charge is -2.26. The van der Waals surface area contributed by atoms with Crippen LogP contribution in [0.25, 0.3) is 0 Å². The number of nitrogens with one attached hydrogen (secondary N) is 2. The molecule has 4 heteroatoms. The van der Waals surface area contributed by atoms with Gasteiger partial charge in [-0.3, -0.25) is 4.68 Å². The number of nitrogens with zero attached hydrogens (tertiary/aromatic N) is 2. The SMILES string of the molecule is c1cnn(CCNC2CCCC2C2CCCN2)c1. The van der Waals surface area contributed by atoms with Crippen LogP contribution >= 0.6 is 0 Å². The summed E-state index contributed by atoms with van der Waals surface area (Å²) in [5.74, 6) is 0.852. The quantitative estimate of drug-likeness (QED) is 0.827. The average molecular weight is 248 g/mol. The van der Waals surface area contributed by atoms with Crippen molar-refractivity contribution in [3.05, 3.63) is 18.5 Å². The van der Waals surface area contributed by atoms with Gasteiger partial charge in [-0.15, -0.1) is 0 Å². The fraction of sp³-hybridized carbons (Fsp3) is 0.786. The van der Waals surface area contributed by atoms with Crippen molar-refractivity contribution in [2.75, 3.05) is 13.1 Å². The molecule has 0 amide bonds. The summed E-state index contributed by atoms with van der Waals surface area (Å²) in [7, 11) is 0. The van der Waals surface area contributed by atoms with E-state index in [-0.39, 0.29) is 0 Å². The summed E-state index contributed by atoms with van der Waals surface area (Å²) in [5.41, 5.74) is 0. The van der Waals surface area contributed by atoms with Gasteiger partial charge in [-0.05, 0) is 44.2 Å². The summed E-state index contributed by atoms with van der Waals surface area (Å²) >= 11 is 0. The second-order valence-corrected chi connectivity index (χ2v) is 5.63. The van der Waals surface area contributed by atoms with E-state index in [2.05, 4.69) is 15.7 Å². The van der Waals surface area contributed by atoms with Crippen molar-refractivity contribution >= 4 is 0 Å². The molecule has 2 heterocycles. The Morgan fingerprint density at radius 2 is 2.28 bits per heavy atom. The first-order chi connectivity index (χ1) is 8.93. The maximum atomic E-state index is 4.24. The highest BCUT2D eigenvalue weighted by Gasteiger charge is 2.34. The maximum Gasteiger partial charge on any atom is 0.0534 e. The molecule has 3 unspecified atom stereocenters. The zero-order valence-corrected chi connectivity index (χ0v) is 11.0. The fourth-order valence-corrected chi connectivity index (χ4v) is 3.60. The third kappa shape index (κ3) is 2.75. The highest BCUT2D eigenvalue weighted by molar-refractivity contribution is 4.93. The highest BCUT2D eigenvalue weighted by atomic mass is 15.3. The van der Waals surface area contributed by atoms with Gasteiger partial charge < -0.3 is 10.6 Å². The van der Waals surface area contributed by atoms with Crippen LogP contribution in [0.5, 0.6) is 0 Å². The standard InChI is InChI=1S/C14H24N4/c1-4-12(14-6-2-7-15-14)13(5-1)16-9-11-18-10-3-8-17-18/h3,8,10,12-16H,1-2,4-7,9,11H2. The van der Waals surface area contributed by atoms with Gasteiger partial charge in [0.15, 0.2) is 0 Å². The molecule has 2 fully saturated rings. The molecule has 1 aromatic heterocycles. The Morgan fingerprint density at radius 3 is 3.06 bits per heavy atom. The molecular formula is C14H24N4. The Morgan fingerprint density at radius 1 is 1.28 bits per heavy atom. The van der Waals surface area contributed by atoms with E-state index < -0.39 is 0 Å². The fourth-order valence-electron chi connectivity index (χ4n) is 3.60. The summed E-state index contributed by atoms with van der Waals surface area (Å²) in [6, 6.07) is 3.48. The molecule has 3 rings (SSSR count). The Labute approximate surface area is 109 Å². The average Bonchev–Trinajstić information content (AvgIpc) is 3.12.